The number of amides is 2. The minimum absolute atomic E-state index is 0.0717. The molecule has 120 valence electrons. The monoisotopic (exact) mass is 302 g/mol. The SMILES string of the molecule is C=C(O)CCC(=O)N(CCO)CCNC(=O)CCC(=O)O. The van der Waals surface area contributed by atoms with Crippen molar-refractivity contribution >= 4 is 17.8 Å². The summed E-state index contributed by atoms with van der Waals surface area (Å²) in [5.74, 6) is -1.81. The Kier molecular flexibility index (Phi) is 9.61. The van der Waals surface area contributed by atoms with E-state index in [2.05, 4.69) is 11.9 Å². The highest BCUT2D eigenvalue weighted by atomic mass is 16.4. The summed E-state index contributed by atoms with van der Waals surface area (Å²) >= 11 is 0. The molecule has 0 aliphatic heterocycles. The predicted molar refractivity (Wildman–Crippen MR) is 74.5 cm³/mol. The fourth-order valence-electron chi connectivity index (χ4n) is 1.53. The first-order valence-corrected chi connectivity index (χ1v) is 6.60. The van der Waals surface area contributed by atoms with Crippen LogP contribution in [0, 0.1) is 0 Å². The van der Waals surface area contributed by atoms with E-state index in [-0.39, 0.29) is 63.6 Å². The summed E-state index contributed by atoms with van der Waals surface area (Å²) in [4.78, 5) is 34.8. The smallest absolute Gasteiger partial charge is 0.303 e. The molecule has 4 N–H and O–H groups in total. The molecule has 0 bridgehead atoms. The third-order valence-corrected chi connectivity index (χ3v) is 2.62. The molecule has 0 heterocycles. The van der Waals surface area contributed by atoms with Crippen LogP contribution in [0.15, 0.2) is 12.3 Å². The summed E-state index contributed by atoms with van der Waals surface area (Å²) in [6.07, 6.45) is -0.147. The number of nitrogens with one attached hydrogen (secondary N) is 1. The maximum Gasteiger partial charge on any atom is 0.303 e. The van der Waals surface area contributed by atoms with Crippen molar-refractivity contribution in [3.8, 4) is 0 Å². The van der Waals surface area contributed by atoms with Crippen molar-refractivity contribution in [3.63, 3.8) is 0 Å². The number of carboxylic acid groups (broad SMARTS) is 1. The molecule has 0 aromatic carbocycles. The van der Waals surface area contributed by atoms with Crippen molar-refractivity contribution in [2.75, 3.05) is 26.2 Å². The van der Waals surface area contributed by atoms with Gasteiger partial charge in [0.1, 0.15) is 0 Å². The van der Waals surface area contributed by atoms with Crippen LogP contribution >= 0.6 is 0 Å². The van der Waals surface area contributed by atoms with Gasteiger partial charge < -0.3 is 25.5 Å². The lowest BCUT2D eigenvalue weighted by Crippen LogP contribution is -2.40. The van der Waals surface area contributed by atoms with Gasteiger partial charge in [0.15, 0.2) is 0 Å². The van der Waals surface area contributed by atoms with Gasteiger partial charge in [0.2, 0.25) is 11.8 Å². The molecular weight excluding hydrogens is 280 g/mol. The molecule has 0 rings (SSSR count). The molecule has 2 amide bonds. The van der Waals surface area contributed by atoms with Gasteiger partial charge in [-0.1, -0.05) is 6.58 Å². The van der Waals surface area contributed by atoms with Crippen molar-refractivity contribution in [2.45, 2.75) is 25.7 Å². The average Bonchev–Trinajstić information content (AvgIpc) is 2.41. The van der Waals surface area contributed by atoms with Gasteiger partial charge in [-0.2, -0.15) is 0 Å². The molecule has 8 heteroatoms. The van der Waals surface area contributed by atoms with Gasteiger partial charge in [0, 0.05) is 38.9 Å². The highest BCUT2D eigenvalue weighted by Gasteiger charge is 2.13. The molecular formula is C13H22N2O6. The van der Waals surface area contributed by atoms with Gasteiger partial charge in [0.05, 0.1) is 18.8 Å². The number of aliphatic hydroxyl groups excluding tert-OH is 2. The Morgan fingerprint density at radius 1 is 1.00 bits per heavy atom. The topological polar surface area (TPSA) is 127 Å². The fourth-order valence-corrected chi connectivity index (χ4v) is 1.53. The maximum absolute atomic E-state index is 11.8. The van der Waals surface area contributed by atoms with Gasteiger partial charge in [-0.15, -0.1) is 0 Å². The van der Waals surface area contributed by atoms with Crippen molar-refractivity contribution in [2.24, 2.45) is 0 Å². The van der Waals surface area contributed by atoms with E-state index in [0.29, 0.717) is 0 Å². The van der Waals surface area contributed by atoms with Crippen LogP contribution in [0.25, 0.3) is 0 Å². The van der Waals surface area contributed by atoms with Gasteiger partial charge >= 0.3 is 5.97 Å². The summed E-state index contributed by atoms with van der Waals surface area (Å²) in [6.45, 7) is 3.58. The number of aliphatic hydroxyl groups is 2. The highest BCUT2D eigenvalue weighted by Crippen LogP contribution is 2.02. The third-order valence-electron chi connectivity index (χ3n) is 2.62. The van der Waals surface area contributed by atoms with Crippen LogP contribution in [-0.2, 0) is 14.4 Å². The summed E-state index contributed by atoms with van der Waals surface area (Å²) in [7, 11) is 0. The van der Waals surface area contributed by atoms with Crippen molar-refractivity contribution in [3.05, 3.63) is 12.3 Å². The van der Waals surface area contributed by atoms with E-state index in [9.17, 15) is 14.4 Å². The number of carbonyl (C=O) groups is 3. The number of rotatable bonds is 11. The second-order valence-electron chi connectivity index (χ2n) is 4.41. The van der Waals surface area contributed by atoms with E-state index in [1.807, 2.05) is 0 Å². The molecule has 21 heavy (non-hydrogen) atoms. The Morgan fingerprint density at radius 2 is 1.67 bits per heavy atom. The van der Waals surface area contributed by atoms with Crippen LogP contribution < -0.4 is 5.32 Å². The van der Waals surface area contributed by atoms with E-state index in [4.69, 9.17) is 15.3 Å². The van der Waals surface area contributed by atoms with E-state index in [0.717, 1.165) is 0 Å². The van der Waals surface area contributed by atoms with Crippen LogP contribution in [0.2, 0.25) is 0 Å². The Labute approximate surface area is 123 Å². The minimum atomic E-state index is -1.05. The molecule has 0 unspecified atom stereocenters. The third kappa shape index (κ3) is 10.4. The molecule has 0 radical (unpaired) electrons. The van der Waals surface area contributed by atoms with E-state index in [1.165, 1.54) is 4.90 Å². The van der Waals surface area contributed by atoms with Gasteiger partial charge in [0.25, 0.3) is 0 Å². The zero-order valence-corrected chi connectivity index (χ0v) is 11.9. The zero-order chi connectivity index (χ0) is 16.3. The normalized spacial score (nSPS) is 9.95. The first-order valence-electron chi connectivity index (χ1n) is 6.60. The van der Waals surface area contributed by atoms with Gasteiger partial charge in [-0.3, -0.25) is 14.4 Å². The first-order chi connectivity index (χ1) is 9.86. The Bertz CT molecular complexity index is 383. The van der Waals surface area contributed by atoms with Gasteiger partial charge in [-0.25, -0.2) is 0 Å². The average molecular weight is 302 g/mol. The van der Waals surface area contributed by atoms with Crippen LogP contribution in [0.1, 0.15) is 25.7 Å². The van der Waals surface area contributed by atoms with E-state index in [1.54, 1.807) is 0 Å². The van der Waals surface area contributed by atoms with Crippen LogP contribution in [0.4, 0.5) is 0 Å². The molecule has 0 saturated heterocycles. The molecule has 0 aromatic heterocycles. The zero-order valence-electron chi connectivity index (χ0n) is 11.9. The first kappa shape index (κ1) is 18.9. The highest BCUT2D eigenvalue weighted by molar-refractivity contribution is 5.80. The Morgan fingerprint density at radius 3 is 2.19 bits per heavy atom. The van der Waals surface area contributed by atoms with Crippen molar-refractivity contribution in [1.82, 2.24) is 10.2 Å². The second kappa shape index (κ2) is 10.7. The molecule has 0 aliphatic carbocycles. The molecule has 0 aliphatic rings. The molecule has 0 saturated carbocycles. The lowest BCUT2D eigenvalue weighted by atomic mass is 10.2. The number of aliphatic carboxylic acids is 1. The quantitative estimate of drug-likeness (QED) is 0.386. The lowest BCUT2D eigenvalue weighted by molar-refractivity contribution is -0.138. The predicted octanol–water partition coefficient (Wildman–Crippen LogP) is -0.360. The molecule has 0 spiro atoms. The second-order valence-corrected chi connectivity index (χ2v) is 4.41. The standard InChI is InChI=1S/C13H22N2O6/c1-10(17)2-4-12(19)15(8-9-16)7-6-14-11(18)3-5-13(20)21/h16-17H,1-9H2,(H,14,18)(H,20,21). The largest absolute Gasteiger partial charge is 0.513 e. The molecule has 0 fully saturated rings. The molecule has 8 nitrogen and oxygen atoms in total. The minimum Gasteiger partial charge on any atom is -0.513 e. The maximum atomic E-state index is 11.8. The van der Waals surface area contributed by atoms with Gasteiger partial charge in [-0.05, 0) is 0 Å². The van der Waals surface area contributed by atoms with E-state index >= 15 is 0 Å². The number of nitrogens with zero attached hydrogens (tertiary/aromatic N) is 1. The Balaban J connectivity index is 4.08. The summed E-state index contributed by atoms with van der Waals surface area (Å²) in [5.41, 5.74) is 0. The van der Waals surface area contributed by atoms with Crippen LogP contribution in [0.5, 0.6) is 0 Å². The number of hydrogen-bond donors (Lipinski definition) is 4. The summed E-state index contributed by atoms with van der Waals surface area (Å²) in [6, 6.07) is 0. The number of hydrogen-bond acceptors (Lipinski definition) is 5. The van der Waals surface area contributed by atoms with Crippen LogP contribution in [0.3, 0.4) is 0 Å². The van der Waals surface area contributed by atoms with Crippen LogP contribution in [-0.4, -0.2) is 64.2 Å². The van der Waals surface area contributed by atoms with Crippen molar-refractivity contribution in [1.29, 1.82) is 0 Å². The number of carboxylic acids is 1. The summed E-state index contributed by atoms with van der Waals surface area (Å²) in [5, 5.41) is 28.8. The van der Waals surface area contributed by atoms with E-state index < -0.39 is 11.9 Å². The fraction of sp³-hybridized carbons (Fsp3) is 0.615. The number of carbonyl (C=O) groups excluding carboxylic acids is 2. The number of allylic oxidation sites excluding steroid dienone is 1. The van der Waals surface area contributed by atoms with Crippen molar-refractivity contribution < 1.29 is 29.7 Å². The Hall–Kier alpha value is -2.09. The summed E-state index contributed by atoms with van der Waals surface area (Å²) < 4.78 is 0. The molecule has 0 aromatic rings. The molecule has 0 atom stereocenters. The lowest BCUT2D eigenvalue weighted by Gasteiger charge is -2.22.